The SMILES string of the molecule is Cc1cc(C)c(-n2ccn(-c3c(C)cc(C)cc3C)[c]2=[Au])c(C)c1. The third-order valence-electron chi connectivity index (χ3n) is 4.48. The van der Waals surface area contributed by atoms with Crippen LogP contribution in [0.1, 0.15) is 33.4 Å². The fraction of sp³-hybridized carbons (Fsp3) is 0.286. The molecule has 3 aromatic rings. The summed E-state index contributed by atoms with van der Waals surface area (Å²) < 4.78 is 5.73. The van der Waals surface area contributed by atoms with Gasteiger partial charge in [-0.2, -0.15) is 0 Å². The van der Waals surface area contributed by atoms with Crippen molar-refractivity contribution in [3.05, 3.63) is 73.7 Å². The number of rotatable bonds is 2. The number of nitrogens with zero attached hydrogens (tertiary/aromatic N) is 2. The Morgan fingerprint density at radius 1 is 0.583 bits per heavy atom. The van der Waals surface area contributed by atoms with Crippen molar-refractivity contribution in [1.29, 1.82) is 0 Å². The molecular formula is C21H24AuN2. The van der Waals surface area contributed by atoms with Gasteiger partial charge < -0.3 is 0 Å². The van der Waals surface area contributed by atoms with Crippen molar-refractivity contribution in [2.24, 2.45) is 0 Å². The zero-order valence-corrected chi connectivity index (χ0v) is 17.3. The molecule has 0 saturated carbocycles. The van der Waals surface area contributed by atoms with E-state index in [-0.39, 0.29) is 0 Å². The Hall–Kier alpha value is -1.61. The second-order valence-corrected chi connectivity index (χ2v) is 7.74. The molecule has 0 aliphatic rings. The minimum absolute atomic E-state index is 1.17. The summed E-state index contributed by atoms with van der Waals surface area (Å²) in [4.78, 5) is 0. The van der Waals surface area contributed by atoms with E-state index in [1.807, 2.05) is 0 Å². The second-order valence-electron chi connectivity index (χ2n) is 6.77. The summed E-state index contributed by atoms with van der Waals surface area (Å²) in [6.45, 7) is 13.1. The Bertz CT molecular complexity index is 865. The monoisotopic (exact) mass is 501 g/mol. The Morgan fingerprint density at radius 3 is 1.17 bits per heavy atom. The molecule has 0 N–H and O–H groups in total. The summed E-state index contributed by atoms with van der Waals surface area (Å²) in [5, 5.41) is 0. The van der Waals surface area contributed by atoms with Gasteiger partial charge in [-0.05, 0) is 0 Å². The minimum atomic E-state index is 1.17. The van der Waals surface area contributed by atoms with Crippen LogP contribution in [0.2, 0.25) is 0 Å². The Balaban J connectivity index is 2.24. The van der Waals surface area contributed by atoms with Crippen LogP contribution < -0.4 is 0 Å². The van der Waals surface area contributed by atoms with Gasteiger partial charge in [-0.15, -0.1) is 0 Å². The van der Waals surface area contributed by atoms with Gasteiger partial charge in [0.25, 0.3) is 0 Å². The first-order chi connectivity index (χ1) is 11.3. The number of aromatic nitrogens is 2. The van der Waals surface area contributed by atoms with Crippen LogP contribution in [-0.4, -0.2) is 9.13 Å². The molecule has 129 valence electrons. The van der Waals surface area contributed by atoms with Crippen molar-refractivity contribution in [1.82, 2.24) is 9.13 Å². The van der Waals surface area contributed by atoms with Gasteiger partial charge in [-0.1, -0.05) is 0 Å². The van der Waals surface area contributed by atoms with Crippen LogP contribution in [0.3, 0.4) is 0 Å². The zero-order chi connectivity index (χ0) is 17.6. The van der Waals surface area contributed by atoms with Gasteiger partial charge in [0, 0.05) is 0 Å². The molecule has 2 nitrogen and oxygen atoms in total. The molecule has 0 aliphatic carbocycles. The van der Waals surface area contributed by atoms with Gasteiger partial charge in [0.15, 0.2) is 0 Å². The van der Waals surface area contributed by atoms with E-state index >= 15 is 0 Å². The molecule has 3 rings (SSSR count). The summed E-state index contributed by atoms with van der Waals surface area (Å²) in [5.74, 6) is 0. The van der Waals surface area contributed by atoms with Crippen molar-refractivity contribution in [2.45, 2.75) is 41.5 Å². The van der Waals surface area contributed by atoms with E-state index in [0.29, 0.717) is 0 Å². The van der Waals surface area contributed by atoms with Crippen LogP contribution in [0.25, 0.3) is 11.4 Å². The first-order valence-electron chi connectivity index (χ1n) is 8.20. The molecule has 3 heteroatoms. The third kappa shape index (κ3) is 2.90. The van der Waals surface area contributed by atoms with Crippen molar-refractivity contribution in [3.63, 3.8) is 0 Å². The number of imidazole rings is 1. The van der Waals surface area contributed by atoms with Crippen molar-refractivity contribution < 1.29 is 20.6 Å². The van der Waals surface area contributed by atoms with Gasteiger partial charge >= 0.3 is 156 Å². The van der Waals surface area contributed by atoms with Crippen molar-refractivity contribution in [2.75, 3.05) is 0 Å². The van der Waals surface area contributed by atoms with Gasteiger partial charge in [-0.3, -0.25) is 0 Å². The van der Waals surface area contributed by atoms with Crippen LogP contribution in [0.4, 0.5) is 0 Å². The van der Waals surface area contributed by atoms with E-state index in [1.54, 1.807) is 0 Å². The molecule has 0 fully saturated rings. The van der Waals surface area contributed by atoms with E-state index in [4.69, 9.17) is 0 Å². The fourth-order valence-electron chi connectivity index (χ4n) is 3.78. The van der Waals surface area contributed by atoms with Crippen LogP contribution in [-0.2, 0) is 20.6 Å². The third-order valence-corrected chi connectivity index (χ3v) is 5.52. The van der Waals surface area contributed by atoms with E-state index in [9.17, 15) is 0 Å². The molecule has 24 heavy (non-hydrogen) atoms. The molecule has 0 amide bonds. The molecule has 0 unspecified atom stereocenters. The van der Waals surface area contributed by atoms with Crippen molar-refractivity contribution in [3.8, 4) is 11.4 Å². The molecule has 1 aromatic heterocycles. The van der Waals surface area contributed by atoms with Crippen LogP contribution in [0, 0.1) is 45.2 Å². The molecule has 0 atom stereocenters. The van der Waals surface area contributed by atoms with Crippen molar-refractivity contribution >= 4 is 0 Å². The van der Waals surface area contributed by atoms with E-state index in [2.05, 4.69) is 108 Å². The average molecular weight is 501 g/mol. The molecule has 2 aromatic carbocycles. The van der Waals surface area contributed by atoms with Gasteiger partial charge in [-0.25, -0.2) is 0 Å². The molecule has 0 radical (unpaired) electrons. The Labute approximate surface area is 156 Å². The number of hydrogen-bond acceptors (Lipinski definition) is 0. The molecule has 0 bridgehead atoms. The Morgan fingerprint density at radius 2 is 0.875 bits per heavy atom. The summed E-state index contributed by atoms with van der Waals surface area (Å²) >= 11 is 2.68. The Kier molecular flexibility index (Phi) is 4.56. The first-order valence-corrected chi connectivity index (χ1v) is 9.29. The van der Waals surface area contributed by atoms with E-state index in [1.165, 1.54) is 48.4 Å². The zero-order valence-electron chi connectivity index (χ0n) is 15.2. The summed E-state index contributed by atoms with van der Waals surface area (Å²) in [5.41, 5.74) is 10.4. The van der Waals surface area contributed by atoms with Gasteiger partial charge in [0.05, 0.1) is 0 Å². The molecule has 0 saturated heterocycles. The predicted molar refractivity (Wildman–Crippen MR) is 96.8 cm³/mol. The summed E-state index contributed by atoms with van der Waals surface area (Å²) in [6, 6.07) is 9.01. The molecular weight excluding hydrogens is 477 g/mol. The van der Waals surface area contributed by atoms with Gasteiger partial charge in [0.2, 0.25) is 0 Å². The second kappa shape index (κ2) is 6.36. The predicted octanol–water partition coefficient (Wildman–Crippen LogP) is 5.20. The average Bonchev–Trinajstić information content (AvgIpc) is 2.79. The van der Waals surface area contributed by atoms with Crippen LogP contribution in [0.5, 0.6) is 0 Å². The maximum absolute atomic E-state index is 2.68. The fourth-order valence-corrected chi connectivity index (χ4v) is 4.59. The van der Waals surface area contributed by atoms with Crippen LogP contribution in [0.15, 0.2) is 36.7 Å². The normalized spacial score (nSPS) is 11.2. The molecule has 0 spiro atoms. The number of aryl methyl sites for hydroxylation is 6. The summed E-state index contributed by atoms with van der Waals surface area (Å²) in [6.07, 6.45) is 4.33. The summed E-state index contributed by atoms with van der Waals surface area (Å²) in [7, 11) is 0. The topological polar surface area (TPSA) is 9.86 Å². The number of benzene rings is 2. The molecule has 0 aliphatic heterocycles. The van der Waals surface area contributed by atoms with Gasteiger partial charge in [0.1, 0.15) is 0 Å². The van der Waals surface area contributed by atoms with E-state index < -0.39 is 0 Å². The maximum atomic E-state index is 2.68. The molecule has 1 heterocycles. The van der Waals surface area contributed by atoms with Crippen LogP contribution >= 0.6 is 0 Å². The van der Waals surface area contributed by atoms with E-state index in [0.717, 1.165) is 0 Å². The first kappa shape index (κ1) is 17.2. The number of hydrogen-bond donors (Lipinski definition) is 0. The quantitative estimate of drug-likeness (QED) is 0.428. The standard InChI is InChI=1S/C21H24N2.Au/c1-14-9-16(3)20(17(4)10-14)22-7-8-23(13-22)21-18(5)11-15(2)12-19(21)6;/h7-12H,1-6H3;.